The van der Waals surface area contributed by atoms with Gasteiger partial charge in [-0.2, -0.15) is 0 Å². The molecule has 224 valence electrons. The van der Waals surface area contributed by atoms with E-state index >= 15 is 0 Å². The first-order valence-electron chi connectivity index (χ1n) is 13.7. The highest BCUT2D eigenvalue weighted by molar-refractivity contribution is 6.15. The van der Waals surface area contributed by atoms with Crippen molar-refractivity contribution >= 4 is 17.8 Å². The number of methoxy groups -OCH3 is 1. The Labute approximate surface area is 247 Å². The number of carbonyl (C=O) groups is 2. The molecule has 43 heavy (non-hydrogen) atoms. The molecule has 0 spiro atoms. The molecule has 0 bridgehead atoms. The van der Waals surface area contributed by atoms with Crippen molar-refractivity contribution in [1.29, 1.82) is 0 Å². The maximum atomic E-state index is 14.2. The Bertz CT molecular complexity index is 1610. The summed E-state index contributed by atoms with van der Waals surface area (Å²) in [6.07, 6.45) is 0.236. The molecule has 4 aromatic rings. The first-order chi connectivity index (χ1) is 20.5. The Balaban J connectivity index is 1.99. The van der Waals surface area contributed by atoms with Gasteiger partial charge in [0.2, 0.25) is 5.78 Å². The summed E-state index contributed by atoms with van der Waals surface area (Å²) in [4.78, 5) is 25.7. The molecule has 0 radical (unpaired) electrons. The average Bonchev–Trinajstić information content (AvgIpc) is 3.32. The van der Waals surface area contributed by atoms with Crippen LogP contribution in [-0.4, -0.2) is 45.9 Å². The van der Waals surface area contributed by atoms with E-state index in [0.717, 1.165) is 0 Å². The number of ketones is 1. The third-order valence-electron chi connectivity index (χ3n) is 6.97. The number of halogens is 3. The molecule has 2 N–H and O–H groups in total. The molecule has 2 unspecified atom stereocenters. The number of benzene rings is 3. The minimum atomic E-state index is -1.18. The van der Waals surface area contributed by atoms with E-state index in [9.17, 15) is 33.0 Å². The molecule has 0 saturated heterocycles. The summed E-state index contributed by atoms with van der Waals surface area (Å²) in [5.41, 5.74) is 2.94. The van der Waals surface area contributed by atoms with Crippen molar-refractivity contribution in [3.05, 3.63) is 113 Å². The van der Waals surface area contributed by atoms with Crippen LogP contribution in [-0.2, 0) is 9.53 Å². The number of rotatable bonds is 11. The summed E-state index contributed by atoms with van der Waals surface area (Å²) in [6.45, 7) is 3.72. The first kappa shape index (κ1) is 31.5. The number of aromatic nitrogens is 1. The first-order valence-corrected chi connectivity index (χ1v) is 13.7. The quantitative estimate of drug-likeness (QED) is 0.149. The molecular formula is C34H32F3NO5. The van der Waals surface area contributed by atoms with Gasteiger partial charge in [-0.3, -0.25) is 9.59 Å². The van der Waals surface area contributed by atoms with E-state index < -0.39 is 41.4 Å². The lowest BCUT2D eigenvalue weighted by atomic mass is 9.92. The molecule has 0 fully saturated rings. The van der Waals surface area contributed by atoms with Crippen LogP contribution in [0.1, 0.15) is 54.5 Å². The molecule has 1 aromatic heterocycles. The van der Waals surface area contributed by atoms with E-state index in [1.54, 1.807) is 22.8 Å². The van der Waals surface area contributed by atoms with Gasteiger partial charge in [0.15, 0.2) is 0 Å². The molecule has 9 heteroatoms. The predicted molar refractivity (Wildman–Crippen MR) is 158 cm³/mol. The van der Waals surface area contributed by atoms with Gasteiger partial charge in [-0.05, 0) is 79.6 Å². The predicted octanol–water partition coefficient (Wildman–Crippen LogP) is 6.74. The highest BCUT2D eigenvalue weighted by Gasteiger charge is 2.30. The van der Waals surface area contributed by atoms with Gasteiger partial charge in [-0.25, -0.2) is 13.2 Å². The maximum Gasteiger partial charge on any atom is 0.308 e. The van der Waals surface area contributed by atoms with Gasteiger partial charge in [0, 0.05) is 34.8 Å². The molecule has 2 atom stereocenters. The smallest absolute Gasteiger partial charge is 0.308 e. The van der Waals surface area contributed by atoms with Gasteiger partial charge < -0.3 is 19.5 Å². The van der Waals surface area contributed by atoms with Gasteiger partial charge in [-0.15, -0.1) is 0 Å². The van der Waals surface area contributed by atoms with Crippen LogP contribution in [0.25, 0.3) is 28.3 Å². The minimum absolute atomic E-state index is 0.161. The summed E-state index contributed by atoms with van der Waals surface area (Å²) in [5.74, 6) is -2.50. The van der Waals surface area contributed by atoms with Crippen LogP contribution in [0.15, 0.2) is 78.9 Å². The second kappa shape index (κ2) is 13.7. The van der Waals surface area contributed by atoms with Crippen LogP contribution in [0.5, 0.6) is 0 Å². The zero-order chi connectivity index (χ0) is 31.3. The lowest BCUT2D eigenvalue weighted by Gasteiger charge is -2.17. The summed E-state index contributed by atoms with van der Waals surface area (Å²) in [7, 11) is 1.20. The van der Waals surface area contributed by atoms with Crippen LogP contribution in [0.2, 0.25) is 0 Å². The van der Waals surface area contributed by atoms with E-state index in [2.05, 4.69) is 4.74 Å². The standard InChI is InChI=1S/C34H32F3NO5/c1-20(2)38-29(17-16-27(39)18-28(40)19-30(41)43-3)31(21-4-10-24(35)11-5-21)32(22-6-12-25(36)13-7-22)33(38)34(42)23-8-14-26(37)15-9-23/h4-17,20,27-28,39-40H,18-19H2,1-3H3. The van der Waals surface area contributed by atoms with Crippen molar-refractivity contribution in [1.82, 2.24) is 4.57 Å². The molecule has 3 aromatic carbocycles. The van der Waals surface area contributed by atoms with Crippen LogP contribution in [0.3, 0.4) is 0 Å². The van der Waals surface area contributed by atoms with Gasteiger partial charge in [0.1, 0.15) is 17.5 Å². The molecule has 0 aliphatic carbocycles. The lowest BCUT2D eigenvalue weighted by Crippen LogP contribution is -2.20. The number of carbonyl (C=O) groups excluding carboxylic acids is 2. The molecule has 0 saturated carbocycles. The van der Waals surface area contributed by atoms with Crippen molar-refractivity contribution in [2.24, 2.45) is 0 Å². The van der Waals surface area contributed by atoms with Crippen molar-refractivity contribution in [2.75, 3.05) is 7.11 Å². The van der Waals surface area contributed by atoms with Gasteiger partial charge in [0.05, 0.1) is 31.4 Å². The number of ether oxygens (including phenoxy) is 1. The van der Waals surface area contributed by atoms with Crippen LogP contribution < -0.4 is 0 Å². The van der Waals surface area contributed by atoms with Gasteiger partial charge >= 0.3 is 5.97 Å². The topological polar surface area (TPSA) is 88.8 Å². The summed E-state index contributed by atoms with van der Waals surface area (Å²) >= 11 is 0. The molecule has 0 aliphatic rings. The number of aliphatic hydroxyl groups excluding tert-OH is 2. The molecule has 4 rings (SSSR count). The second-order valence-corrected chi connectivity index (χ2v) is 10.4. The van der Waals surface area contributed by atoms with E-state index in [-0.39, 0.29) is 30.1 Å². The van der Waals surface area contributed by atoms with Crippen LogP contribution in [0.4, 0.5) is 13.2 Å². The van der Waals surface area contributed by atoms with Crippen molar-refractivity contribution in [3.8, 4) is 22.3 Å². The Kier molecular flexibility index (Phi) is 10.0. The molecular weight excluding hydrogens is 559 g/mol. The largest absolute Gasteiger partial charge is 0.469 e. The number of hydrogen-bond donors (Lipinski definition) is 2. The maximum absolute atomic E-state index is 14.2. The Morgan fingerprint density at radius 2 is 1.30 bits per heavy atom. The Morgan fingerprint density at radius 1 is 0.814 bits per heavy atom. The highest BCUT2D eigenvalue weighted by atomic mass is 19.1. The zero-order valence-electron chi connectivity index (χ0n) is 23.9. The van der Waals surface area contributed by atoms with Crippen LogP contribution in [0, 0.1) is 17.5 Å². The number of nitrogens with zero attached hydrogens (tertiary/aromatic N) is 1. The normalized spacial score (nSPS) is 13.0. The minimum Gasteiger partial charge on any atom is -0.469 e. The second-order valence-electron chi connectivity index (χ2n) is 10.4. The van der Waals surface area contributed by atoms with Crippen molar-refractivity contribution < 1.29 is 37.7 Å². The van der Waals surface area contributed by atoms with Crippen molar-refractivity contribution in [2.45, 2.75) is 44.9 Å². The fourth-order valence-corrected chi connectivity index (χ4v) is 4.99. The summed E-state index contributed by atoms with van der Waals surface area (Å²) in [5, 5.41) is 20.9. The molecule has 0 aliphatic heterocycles. The lowest BCUT2D eigenvalue weighted by molar-refractivity contribution is -0.143. The van der Waals surface area contributed by atoms with E-state index in [1.807, 2.05) is 13.8 Å². The summed E-state index contributed by atoms with van der Waals surface area (Å²) in [6, 6.07) is 16.1. The van der Waals surface area contributed by atoms with Gasteiger partial charge in [-0.1, -0.05) is 30.3 Å². The monoisotopic (exact) mass is 591 g/mol. The number of esters is 1. The van der Waals surface area contributed by atoms with E-state index in [4.69, 9.17) is 0 Å². The fraction of sp³-hybridized carbons (Fsp3) is 0.235. The average molecular weight is 592 g/mol. The third kappa shape index (κ3) is 7.31. The summed E-state index contributed by atoms with van der Waals surface area (Å²) < 4.78 is 48.1. The third-order valence-corrected chi connectivity index (χ3v) is 6.97. The van der Waals surface area contributed by atoms with Gasteiger partial charge in [0.25, 0.3) is 0 Å². The Hall–Kier alpha value is -4.47. The van der Waals surface area contributed by atoms with Crippen LogP contribution >= 0.6 is 0 Å². The SMILES string of the molecule is COC(=O)CC(O)CC(O)C=Cc1c(-c2ccc(F)cc2)c(-c2ccc(F)cc2)c(C(=O)c2ccc(F)cc2)n1C(C)C. The number of hydrogen-bond acceptors (Lipinski definition) is 5. The highest BCUT2D eigenvalue weighted by Crippen LogP contribution is 2.43. The van der Waals surface area contributed by atoms with E-state index in [1.165, 1.54) is 73.8 Å². The zero-order valence-corrected chi connectivity index (χ0v) is 23.9. The molecule has 0 amide bonds. The molecule has 6 nitrogen and oxygen atoms in total. The number of aliphatic hydroxyl groups is 2. The molecule has 1 heterocycles. The Morgan fingerprint density at radius 3 is 1.79 bits per heavy atom. The fourth-order valence-electron chi connectivity index (χ4n) is 4.99. The van der Waals surface area contributed by atoms with Crippen molar-refractivity contribution in [3.63, 3.8) is 0 Å². The van der Waals surface area contributed by atoms with E-state index in [0.29, 0.717) is 27.9 Å².